The van der Waals surface area contributed by atoms with Gasteiger partial charge in [-0.25, -0.2) is 9.59 Å². The Morgan fingerprint density at radius 1 is 0.648 bits per heavy atom. The first-order chi connectivity index (χ1) is 25.7. The molecule has 0 amide bonds. The average molecular weight is 761 g/mol. The predicted octanol–water partition coefficient (Wildman–Crippen LogP) is 7.77. The zero-order chi connectivity index (χ0) is 40.5. The van der Waals surface area contributed by atoms with Crippen LogP contribution < -0.4 is 0 Å². The lowest BCUT2D eigenvalue weighted by Crippen LogP contribution is -2.19. The van der Waals surface area contributed by atoms with Crippen LogP contribution in [-0.2, 0) is 19.2 Å². The summed E-state index contributed by atoms with van der Waals surface area (Å²) in [4.78, 5) is 45.2. The summed E-state index contributed by atoms with van der Waals surface area (Å²) in [5.74, 6) is -1.68. The molecule has 0 aromatic heterocycles. The van der Waals surface area contributed by atoms with Gasteiger partial charge in [-0.15, -0.1) is 0 Å². The molecule has 6 N–H and O–H groups in total. The van der Waals surface area contributed by atoms with Crippen molar-refractivity contribution in [2.45, 2.75) is 168 Å². The number of ketones is 2. The number of aliphatic carboxylic acids is 2. The van der Waals surface area contributed by atoms with Crippen molar-refractivity contribution in [1.82, 2.24) is 0 Å². The van der Waals surface area contributed by atoms with Crippen LogP contribution in [0.1, 0.15) is 143 Å². The third-order valence-electron chi connectivity index (χ3n) is 10.8. The molecule has 0 radical (unpaired) electrons. The molecule has 10 atom stereocenters. The highest BCUT2D eigenvalue weighted by Gasteiger charge is 2.40. The van der Waals surface area contributed by atoms with Crippen LogP contribution in [0.2, 0.25) is 0 Å². The number of carbonyl (C=O) groups excluding carboxylic acids is 2. The number of carboxylic acid groups (broad SMARTS) is 2. The van der Waals surface area contributed by atoms with Crippen LogP contribution in [0.5, 0.6) is 0 Å². The molecule has 0 spiro atoms. The lowest BCUT2D eigenvalue weighted by atomic mass is 9.88. The Kier molecular flexibility index (Phi) is 25.9. The number of rotatable bonds is 26. The van der Waals surface area contributed by atoms with Crippen molar-refractivity contribution < 1.29 is 49.8 Å². The van der Waals surface area contributed by atoms with Crippen molar-refractivity contribution in [3.8, 4) is 0 Å². The molecule has 0 aromatic rings. The number of hydrogen-bond acceptors (Lipinski definition) is 8. The lowest BCUT2D eigenvalue weighted by Gasteiger charge is -2.18. The number of carboxylic acids is 2. The quantitative estimate of drug-likeness (QED) is 0.0289. The number of hydrogen-bond donors (Lipinski definition) is 6. The van der Waals surface area contributed by atoms with Crippen molar-refractivity contribution in [3.63, 3.8) is 0 Å². The molecule has 0 aromatic carbocycles. The van der Waals surface area contributed by atoms with Crippen molar-refractivity contribution in [2.75, 3.05) is 0 Å². The van der Waals surface area contributed by atoms with Gasteiger partial charge in [-0.3, -0.25) is 9.59 Å². The van der Waals surface area contributed by atoms with Crippen molar-refractivity contribution in [1.29, 1.82) is 0 Å². The Labute approximate surface area is 324 Å². The van der Waals surface area contributed by atoms with Gasteiger partial charge in [0.15, 0.2) is 0 Å². The second kappa shape index (κ2) is 28.5. The molecule has 2 rings (SSSR count). The summed E-state index contributed by atoms with van der Waals surface area (Å²) >= 11 is 0. The van der Waals surface area contributed by atoms with Gasteiger partial charge in [0, 0.05) is 48.7 Å². The molecule has 2 aliphatic rings. The van der Waals surface area contributed by atoms with Crippen LogP contribution >= 0.6 is 0 Å². The number of Topliss-reactive ketones (excluding diaryl/α,β-unsaturated/α-hetero) is 2. The van der Waals surface area contributed by atoms with Gasteiger partial charge in [0.1, 0.15) is 11.6 Å². The van der Waals surface area contributed by atoms with Crippen LogP contribution in [-0.4, -0.2) is 78.6 Å². The summed E-state index contributed by atoms with van der Waals surface area (Å²) in [5, 5.41) is 58.0. The van der Waals surface area contributed by atoms with E-state index >= 15 is 0 Å². The van der Waals surface area contributed by atoms with Crippen LogP contribution in [0.15, 0.2) is 48.6 Å². The zero-order valence-electron chi connectivity index (χ0n) is 33.4. The third kappa shape index (κ3) is 21.2. The highest BCUT2D eigenvalue weighted by molar-refractivity contribution is 5.85. The van der Waals surface area contributed by atoms with E-state index in [4.69, 9.17) is 10.2 Å². The summed E-state index contributed by atoms with van der Waals surface area (Å²) in [6.07, 6.45) is 24.9. The van der Waals surface area contributed by atoms with Crippen molar-refractivity contribution in [3.05, 3.63) is 48.6 Å². The Morgan fingerprint density at radius 3 is 1.35 bits per heavy atom. The number of aliphatic hydroxyl groups is 4. The van der Waals surface area contributed by atoms with E-state index in [-0.39, 0.29) is 48.1 Å². The van der Waals surface area contributed by atoms with Gasteiger partial charge in [-0.1, -0.05) is 116 Å². The van der Waals surface area contributed by atoms with Gasteiger partial charge < -0.3 is 30.6 Å². The van der Waals surface area contributed by atoms with Crippen molar-refractivity contribution in [2.24, 2.45) is 35.5 Å². The zero-order valence-corrected chi connectivity index (χ0v) is 33.4. The predicted molar refractivity (Wildman–Crippen MR) is 213 cm³/mol. The highest BCUT2D eigenvalue weighted by atomic mass is 16.4. The van der Waals surface area contributed by atoms with E-state index in [0.717, 1.165) is 76.4 Å². The molecule has 0 saturated heterocycles. The van der Waals surface area contributed by atoms with Gasteiger partial charge in [0.25, 0.3) is 0 Å². The number of aliphatic hydroxyl groups excluding tert-OH is 4. The summed E-state index contributed by atoms with van der Waals surface area (Å²) in [5.41, 5.74) is 0. The Balaban J connectivity index is 0.000000540. The van der Waals surface area contributed by atoms with Gasteiger partial charge >= 0.3 is 11.9 Å². The van der Waals surface area contributed by atoms with Gasteiger partial charge in [-0.05, 0) is 63.2 Å². The normalized spacial score (nSPS) is 25.5. The Bertz CT molecular complexity index is 1110. The second-order valence-electron chi connectivity index (χ2n) is 15.8. The molecule has 0 heterocycles. The van der Waals surface area contributed by atoms with Crippen LogP contribution in [0.25, 0.3) is 0 Å². The van der Waals surface area contributed by atoms with E-state index in [1.54, 1.807) is 24.3 Å². The minimum absolute atomic E-state index is 0.0871. The van der Waals surface area contributed by atoms with E-state index in [1.807, 2.05) is 12.2 Å². The van der Waals surface area contributed by atoms with Crippen LogP contribution in [0.3, 0.4) is 0 Å². The Hall–Kier alpha value is -2.92. The number of carbonyl (C=O) groups is 4. The number of unbranched alkanes of at least 4 members (excludes halogenated alkanes) is 6. The molecule has 0 unspecified atom stereocenters. The lowest BCUT2D eigenvalue weighted by molar-refractivity contribution is -0.132. The van der Waals surface area contributed by atoms with Gasteiger partial charge in [0.2, 0.25) is 0 Å². The van der Waals surface area contributed by atoms with Gasteiger partial charge in [0.05, 0.1) is 24.4 Å². The Morgan fingerprint density at radius 2 is 1.02 bits per heavy atom. The topological polar surface area (TPSA) is 190 Å². The molecule has 0 bridgehead atoms. The van der Waals surface area contributed by atoms with E-state index in [9.17, 15) is 39.6 Å². The van der Waals surface area contributed by atoms with E-state index in [2.05, 4.69) is 27.7 Å². The molecule has 10 heteroatoms. The van der Waals surface area contributed by atoms with Crippen LogP contribution in [0.4, 0.5) is 0 Å². The minimum Gasteiger partial charge on any atom is -0.478 e. The second-order valence-corrected chi connectivity index (χ2v) is 15.8. The molecule has 0 aliphatic heterocycles. The first-order valence-electron chi connectivity index (χ1n) is 20.6. The SMILES string of the molecule is CCCC[C@H](C)C[C@H](O)/C=C/[C@H]1[C@H](O)CC(=O)[C@@H]1CCCC/C=C/C(=O)O.CCCC[C@H](C)C[C@H](O)/C=C/[C@H]1[C@H](O)CC(=O)[C@@H]1CCCC/C=C/C(=O)O. The van der Waals surface area contributed by atoms with Gasteiger partial charge in [-0.2, -0.15) is 0 Å². The van der Waals surface area contributed by atoms with Crippen LogP contribution in [0, 0.1) is 35.5 Å². The monoisotopic (exact) mass is 761 g/mol. The molecule has 308 valence electrons. The van der Waals surface area contributed by atoms with Crippen molar-refractivity contribution >= 4 is 23.5 Å². The average Bonchev–Trinajstić information content (AvgIpc) is 3.53. The van der Waals surface area contributed by atoms with E-state index < -0.39 is 36.4 Å². The minimum atomic E-state index is -0.947. The summed E-state index contributed by atoms with van der Waals surface area (Å²) < 4.78 is 0. The molecule has 2 saturated carbocycles. The fourth-order valence-electron chi connectivity index (χ4n) is 7.64. The smallest absolute Gasteiger partial charge is 0.327 e. The molecular formula is C44H72O10. The fourth-order valence-corrected chi connectivity index (χ4v) is 7.64. The first-order valence-corrected chi connectivity index (χ1v) is 20.6. The summed E-state index contributed by atoms with van der Waals surface area (Å²) in [7, 11) is 0. The number of allylic oxidation sites excluding steroid dienone is 2. The molecule has 54 heavy (non-hydrogen) atoms. The first kappa shape index (κ1) is 49.1. The van der Waals surface area contributed by atoms with E-state index in [1.165, 1.54) is 0 Å². The molecule has 2 aliphatic carbocycles. The summed E-state index contributed by atoms with van der Waals surface area (Å²) in [6.45, 7) is 8.60. The maximum Gasteiger partial charge on any atom is 0.327 e. The standard InChI is InChI=1S/2C22H36O5/c2*1-3-4-9-16(2)14-17(23)12-13-19-18(20(24)15-21(19)25)10-7-5-6-8-11-22(26)27/h2*8,11-13,16-19,21,23,25H,3-7,9-10,14-15H2,1-2H3,(H,26,27)/b2*11-8+,13-12+/t2*16-,17+,18+,19+,21+/m00/s1. The third-order valence-corrected chi connectivity index (χ3v) is 10.8. The largest absolute Gasteiger partial charge is 0.478 e. The fraction of sp³-hybridized carbons (Fsp3) is 0.727. The highest BCUT2D eigenvalue weighted by Crippen LogP contribution is 2.35. The molecular weight excluding hydrogens is 688 g/mol. The maximum atomic E-state index is 12.2. The molecule has 10 nitrogen and oxygen atoms in total. The molecule has 2 fully saturated rings. The maximum absolute atomic E-state index is 12.2. The summed E-state index contributed by atoms with van der Waals surface area (Å²) in [6, 6.07) is 0. The van der Waals surface area contributed by atoms with E-state index in [0.29, 0.717) is 50.4 Å².